The maximum atomic E-state index is 13.4. The van der Waals surface area contributed by atoms with Crippen LogP contribution >= 0.6 is 0 Å². The third-order valence-corrected chi connectivity index (χ3v) is 6.03. The highest BCUT2D eigenvalue weighted by Gasteiger charge is 3.08. The number of methoxy groups -OCH3 is 2. The molecule has 0 bridgehead atoms. The Morgan fingerprint density at radius 3 is 2.40 bits per heavy atom. The van der Waals surface area contributed by atoms with Gasteiger partial charge in [0.15, 0.2) is 0 Å². The number of ether oxygens (including phenoxy) is 2. The Bertz CT molecular complexity index is 940. The van der Waals surface area contributed by atoms with Crippen LogP contribution in [0.2, 0.25) is 0 Å². The molecule has 2 aliphatic heterocycles. The monoisotopic (exact) mass is 338 g/mol. The zero-order valence-corrected chi connectivity index (χ0v) is 14.0. The summed E-state index contributed by atoms with van der Waals surface area (Å²) in [6, 6.07) is 11.4. The van der Waals surface area contributed by atoms with Crippen LogP contribution in [0.3, 0.4) is 0 Å². The van der Waals surface area contributed by atoms with Gasteiger partial charge in [0.2, 0.25) is 16.7 Å². The lowest BCUT2D eigenvalue weighted by Crippen LogP contribution is -2.91. The highest BCUT2D eigenvalue weighted by molar-refractivity contribution is 6.20. The lowest BCUT2D eigenvalue weighted by atomic mass is 9.84. The minimum absolute atomic E-state index is 0.00120. The molecule has 0 radical (unpaired) electrons. The van der Waals surface area contributed by atoms with E-state index in [-0.39, 0.29) is 11.7 Å². The van der Waals surface area contributed by atoms with E-state index in [1.54, 1.807) is 31.3 Å². The number of para-hydroxylation sites is 1. The average molecular weight is 338 g/mol. The SMILES string of the molecule is COC1(OC)[NH+]=C(N)[C@@]2(C#N)[C@]3(C(=O)N(C)c4ccccc43)[C@@]12C#N. The number of hydrogen-bond acceptors (Lipinski definition) is 6. The summed E-state index contributed by atoms with van der Waals surface area (Å²) < 4.78 is 11.0. The van der Waals surface area contributed by atoms with Crippen LogP contribution in [-0.2, 0) is 19.7 Å². The van der Waals surface area contributed by atoms with Crippen LogP contribution < -0.4 is 15.6 Å². The molecule has 0 unspecified atom stereocenters. The van der Waals surface area contributed by atoms with Crippen molar-refractivity contribution in [2.45, 2.75) is 11.3 Å². The topological polar surface area (TPSA) is 126 Å². The van der Waals surface area contributed by atoms with Crippen LogP contribution in [0.5, 0.6) is 0 Å². The predicted octanol–water partition coefficient (Wildman–Crippen LogP) is -1.67. The number of amides is 1. The molecule has 2 heterocycles. The van der Waals surface area contributed by atoms with Crippen molar-refractivity contribution in [3.63, 3.8) is 0 Å². The maximum Gasteiger partial charge on any atom is 0.343 e. The molecular formula is C17H16N5O3+. The second kappa shape index (κ2) is 4.17. The molecule has 1 aliphatic carbocycles. The van der Waals surface area contributed by atoms with Crippen molar-refractivity contribution >= 4 is 17.4 Å². The van der Waals surface area contributed by atoms with Crippen molar-refractivity contribution in [2.24, 2.45) is 16.6 Å². The van der Waals surface area contributed by atoms with Gasteiger partial charge in [-0.1, -0.05) is 18.2 Å². The summed E-state index contributed by atoms with van der Waals surface area (Å²) in [4.78, 5) is 17.6. The number of fused-ring (bicyclic) bond motifs is 5. The number of nitriles is 2. The van der Waals surface area contributed by atoms with Gasteiger partial charge >= 0.3 is 5.91 Å². The van der Waals surface area contributed by atoms with E-state index in [4.69, 9.17) is 15.2 Å². The quantitative estimate of drug-likeness (QED) is 0.621. The molecule has 1 aromatic carbocycles. The molecule has 1 amide bonds. The fraction of sp³-hybridized carbons (Fsp3) is 0.412. The Hall–Kier alpha value is -2.94. The first-order valence-electron chi connectivity index (χ1n) is 7.64. The Kier molecular flexibility index (Phi) is 2.60. The molecule has 0 aromatic heterocycles. The molecule has 3 atom stereocenters. The molecule has 1 aromatic rings. The summed E-state index contributed by atoms with van der Waals surface area (Å²) in [5.74, 6) is -2.09. The third kappa shape index (κ3) is 1.06. The van der Waals surface area contributed by atoms with Crippen LogP contribution in [0.25, 0.3) is 0 Å². The van der Waals surface area contributed by atoms with E-state index in [0.29, 0.717) is 11.3 Å². The van der Waals surface area contributed by atoms with Crippen molar-refractivity contribution in [3.05, 3.63) is 29.8 Å². The van der Waals surface area contributed by atoms with Crippen LogP contribution in [-0.4, -0.2) is 38.9 Å². The fourth-order valence-corrected chi connectivity index (χ4v) is 5.07. The number of likely N-dealkylation sites (N-methyl/N-ethyl adjacent to an activating group) is 1. The molecule has 8 heteroatoms. The van der Waals surface area contributed by atoms with E-state index < -0.39 is 22.2 Å². The van der Waals surface area contributed by atoms with E-state index in [1.807, 2.05) is 0 Å². The number of nitrogens with zero attached hydrogens (tertiary/aromatic N) is 3. The van der Waals surface area contributed by atoms with Gasteiger partial charge in [-0.2, -0.15) is 10.5 Å². The number of amidine groups is 1. The predicted molar refractivity (Wildman–Crippen MR) is 84.5 cm³/mol. The van der Waals surface area contributed by atoms with E-state index in [0.717, 1.165) is 0 Å². The molecule has 4 rings (SSSR count). The molecule has 3 N–H and O–H groups in total. The van der Waals surface area contributed by atoms with Gasteiger partial charge in [0.25, 0.3) is 5.84 Å². The molecule has 126 valence electrons. The Morgan fingerprint density at radius 2 is 1.84 bits per heavy atom. The van der Waals surface area contributed by atoms with Gasteiger partial charge in [-0.05, 0) is 11.6 Å². The smallest absolute Gasteiger partial charge is 0.317 e. The van der Waals surface area contributed by atoms with E-state index >= 15 is 0 Å². The summed E-state index contributed by atoms with van der Waals surface area (Å²) in [7, 11) is 4.31. The van der Waals surface area contributed by atoms with Crippen molar-refractivity contribution in [3.8, 4) is 12.1 Å². The number of rotatable bonds is 2. The third-order valence-electron chi connectivity index (χ3n) is 6.03. The van der Waals surface area contributed by atoms with Gasteiger partial charge in [-0.15, -0.1) is 0 Å². The average Bonchev–Trinajstić information content (AvgIpc) is 3.05. The van der Waals surface area contributed by atoms with Crippen molar-refractivity contribution in [1.29, 1.82) is 10.5 Å². The number of nitrogens with one attached hydrogen (secondary N) is 1. The largest absolute Gasteiger partial charge is 0.343 e. The van der Waals surface area contributed by atoms with E-state index in [9.17, 15) is 15.3 Å². The minimum Gasteiger partial charge on any atom is -0.317 e. The van der Waals surface area contributed by atoms with Crippen molar-refractivity contribution in [2.75, 3.05) is 26.2 Å². The molecule has 0 saturated heterocycles. The van der Waals surface area contributed by atoms with Crippen LogP contribution in [0.15, 0.2) is 24.3 Å². The maximum absolute atomic E-state index is 13.4. The zero-order valence-electron chi connectivity index (χ0n) is 14.0. The Labute approximate surface area is 144 Å². The summed E-state index contributed by atoms with van der Waals surface area (Å²) in [5.41, 5.74) is 2.64. The summed E-state index contributed by atoms with van der Waals surface area (Å²) >= 11 is 0. The number of hydrogen-bond donors (Lipinski definition) is 2. The fourth-order valence-electron chi connectivity index (χ4n) is 5.07. The first-order chi connectivity index (χ1) is 11.9. The first-order valence-corrected chi connectivity index (χ1v) is 7.64. The van der Waals surface area contributed by atoms with Crippen molar-refractivity contribution < 1.29 is 19.3 Å². The normalized spacial score (nSPS) is 36.4. The number of anilines is 1. The molecule has 1 saturated carbocycles. The highest BCUT2D eigenvalue weighted by atomic mass is 16.7. The molecule has 1 spiro atoms. The minimum atomic E-state index is -1.71. The summed E-state index contributed by atoms with van der Waals surface area (Å²) in [5, 5.41) is 20.3. The number of nitrogens with two attached hydrogens (primary N) is 1. The Balaban J connectivity index is 2.17. The van der Waals surface area contributed by atoms with Gasteiger partial charge in [-0.25, -0.2) is 4.99 Å². The number of benzene rings is 1. The van der Waals surface area contributed by atoms with Gasteiger partial charge < -0.3 is 14.4 Å². The van der Waals surface area contributed by atoms with E-state index in [1.165, 1.54) is 19.1 Å². The Morgan fingerprint density at radius 1 is 1.20 bits per heavy atom. The van der Waals surface area contributed by atoms with Gasteiger partial charge in [0.1, 0.15) is 5.41 Å². The van der Waals surface area contributed by atoms with Crippen LogP contribution in [0, 0.1) is 33.5 Å². The van der Waals surface area contributed by atoms with Crippen molar-refractivity contribution in [1.82, 2.24) is 0 Å². The van der Waals surface area contributed by atoms with Gasteiger partial charge in [0.05, 0.1) is 12.1 Å². The van der Waals surface area contributed by atoms with E-state index in [2.05, 4.69) is 17.1 Å². The number of carbonyl (C=O) groups is 1. The molecule has 8 nitrogen and oxygen atoms in total. The zero-order chi connectivity index (χ0) is 18.3. The van der Waals surface area contributed by atoms with Gasteiger partial charge in [0, 0.05) is 27.0 Å². The highest BCUT2D eigenvalue weighted by Crippen LogP contribution is 2.84. The number of carbonyl (C=O) groups excluding carboxylic acids is 1. The second-order valence-electron chi connectivity index (χ2n) is 6.42. The summed E-state index contributed by atoms with van der Waals surface area (Å²) in [6.07, 6.45) is 0. The lowest BCUT2D eigenvalue weighted by Gasteiger charge is -2.29. The van der Waals surface area contributed by atoms with Crippen LogP contribution in [0.4, 0.5) is 5.69 Å². The summed E-state index contributed by atoms with van der Waals surface area (Å²) in [6.45, 7) is 0. The van der Waals surface area contributed by atoms with Crippen LogP contribution in [0.1, 0.15) is 5.56 Å². The van der Waals surface area contributed by atoms with Gasteiger partial charge in [-0.3, -0.25) is 10.5 Å². The lowest BCUT2D eigenvalue weighted by molar-refractivity contribution is -0.688. The molecule has 3 aliphatic rings. The first kappa shape index (κ1) is 15.6. The molecular weight excluding hydrogens is 322 g/mol. The molecule has 25 heavy (non-hydrogen) atoms. The standard InChI is InChI=1S/C17H15N5O3/c1-22-11-7-5-4-6-10(11)16(13(22)23)14(8-18)12(20)21-17(24-2,25-3)15(14,16)9-19/h4-7H,1-3H3,(H2,20,21)/p+1/t14-,15+,16+/m1/s1. The molecule has 1 fully saturated rings. The second-order valence-corrected chi connectivity index (χ2v) is 6.42.